The van der Waals surface area contributed by atoms with Crippen molar-refractivity contribution in [2.45, 2.75) is 235 Å². The number of fused-ring (bicyclic) bond motifs is 6. The SMILES string of the molecule is Cc1ccc(-c2cc[n+](C)c(-c3c(C)ccc4c3OC(C)(C)C4(C)C)c2)cc1.Cc1ccc(-c2cc[n+](C)c(-c3c(C)ccc4c3OC(C)(C)C4)c2)cc1.Cc1ccc(-c2cc[n+](C)c(-c3c(C)ccc4c3OC(C)(C)C43CCCC3)c2)cc1.Cc1ccc(-c2cc[n+](C)c(-c3c(C)ccc4c3OC3(CCCCC3)C4)c2)cc1.Cc1ccc(-c2cc[n+](C)c(-c3c(C)ccc4c3OCC4)c2)cc1. The average molecular weight is 1820 g/mol. The summed E-state index contributed by atoms with van der Waals surface area (Å²) >= 11 is 0. The Labute approximate surface area is 815 Å². The van der Waals surface area contributed by atoms with Crippen molar-refractivity contribution in [1.82, 2.24) is 0 Å². The summed E-state index contributed by atoms with van der Waals surface area (Å²) in [6.45, 7) is 40.2. The molecule has 0 unspecified atom stereocenters. The van der Waals surface area contributed by atoms with Crippen molar-refractivity contribution in [3.05, 3.63) is 357 Å². The van der Waals surface area contributed by atoms with Gasteiger partial charge in [-0.15, -0.1) is 0 Å². The second kappa shape index (κ2) is 37.5. The molecule has 0 amide bonds. The van der Waals surface area contributed by atoms with Crippen LogP contribution in [0, 0.1) is 69.2 Å². The molecule has 0 radical (unpaired) electrons. The van der Waals surface area contributed by atoms with Gasteiger partial charge >= 0.3 is 0 Å². The molecule has 2 fully saturated rings. The van der Waals surface area contributed by atoms with E-state index in [1.807, 2.05) is 0 Å². The Morgan fingerprint density at radius 3 is 0.905 bits per heavy atom. The van der Waals surface area contributed by atoms with Gasteiger partial charge in [0.25, 0.3) is 0 Å². The molecule has 5 aromatic heterocycles. The number of ether oxygens (including phenoxy) is 5. The second-order valence-corrected chi connectivity index (χ2v) is 42.7. The largest absolute Gasteiger partial charge is 0.492 e. The maximum Gasteiger partial charge on any atom is 0.216 e. The van der Waals surface area contributed by atoms with Crippen LogP contribution in [-0.2, 0) is 65.3 Å². The van der Waals surface area contributed by atoms with Gasteiger partial charge in [-0.2, -0.15) is 0 Å². The summed E-state index contributed by atoms with van der Waals surface area (Å²) in [6.07, 6.45) is 25.2. The maximum absolute atomic E-state index is 6.80. The van der Waals surface area contributed by atoms with Crippen LogP contribution in [0.5, 0.6) is 28.7 Å². The van der Waals surface area contributed by atoms with E-state index < -0.39 is 0 Å². The number of nitrogens with zero attached hydrogens (tertiary/aromatic N) is 5. The molecule has 2 aliphatic carbocycles. The number of hydrogen-bond acceptors (Lipinski definition) is 5. The highest BCUT2D eigenvalue weighted by Gasteiger charge is 2.57. The molecule has 10 heteroatoms. The molecular formula is C127H140N5O5+5. The minimum absolute atomic E-state index is 0.0380. The van der Waals surface area contributed by atoms with E-state index in [0.29, 0.717) is 0 Å². The fraction of sp³-hybridized carbons (Fsp3) is 0.331. The number of pyridine rings is 5. The molecule has 137 heavy (non-hydrogen) atoms. The van der Waals surface area contributed by atoms with Crippen LogP contribution in [0.25, 0.3) is 112 Å². The highest BCUT2D eigenvalue weighted by atomic mass is 16.5. The summed E-state index contributed by atoms with van der Waals surface area (Å²) in [4.78, 5) is 0. The van der Waals surface area contributed by atoms with Gasteiger partial charge in [-0.3, -0.25) is 0 Å². The molecule has 0 atom stereocenters. The van der Waals surface area contributed by atoms with Crippen molar-refractivity contribution in [3.63, 3.8) is 0 Å². The lowest BCUT2D eigenvalue weighted by Gasteiger charge is -2.36. The van der Waals surface area contributed by atoms with Gasteiger partial charge < -0.3 is 23.7 Å². The highest BCUT2D eigenvalue weighted by Crippen LogP contribution is 2.61. The van der Waals surface area contributed by atoms with Crippen LogP contribution in [0.3, 0.4) is 0 Å². The Morgan fingerprint density at radius 2 is 0.540 bits per heavy atom. The molecule has 10 heterocycles. The van der Waals surface area contributed by atoms with Crippen molar-refractivity contribution >= 4 is 0 Å². The van der Waals surface area contributed by atoms with Gasteiger partial charge in [0, 0.05) is 102 Å². The molecule has 0 N–H and O–H groups in total. The first kappa shape index (κ1) is 94.3. The lowest BCUT2D eigenvalue weighted by Crippen LogP contribution is -2.44. The Balaban J connectivity index is 0.000000114. The van der Waals surface area contributed by atoms with Gasteiger partial charge in [-0.1, -0.05) is 243 Å². The third kappa shape index (κ3) is 18.5. The van der Waals surface area contributed by atoms with E-state index in [2.05, 4.69) is 456 Å². The molecule has 2 spiro atoms. The van der Waals surface area contributed by atoms with Crippen LogP contribution in [0.15, 0.2) is 274 Å². The predicted molar refractivity (Wildman–Crippen MR) is 560 cm³/mol. The smallest absolute Gasteiger partial charge is 0.216 e. The standard InChI is InChI=1S/C28H32NO.C27H30NO.C26H30NO.C24H26NO.C22H22NO/c1-19-8-11-21(12-9-19)22-14-17-29(5)24(18-22)25-20(2)10-13-23-26(25)30-27(3,4)28(23)15-6-7-16-28;1-19-7-10-21(11-8-19)22-13-16-28(3)24(17-22)25-20(2)9-12-23-18-27(29-26(23)25)14-5-4-6-15-27;1-17-8-11-19(12-9-17)20-14-15-27(7)22(16-20)23-18(2)10-13-21-24(23)28-26(5,6)25(21,3)4;1-16-6-9-18(10-7-16)19-12-13-25(5)21(14-19)22-17(2)8-11-20-15-24(3,4)26-23(20)22;1-15-4-7-17(8-5-15)19-10-12-23(3)20(14-19)21-16(2)6-9-18-11-13-24-22(18)21/h8-14,17-18H,6-7,15-16H2,1-5H3;7-13,16-17H,4-6,14-15,18H2,1-3H3;8-16H,1-7H3;6-14H,15H2,1-5H3;4-10,12,14H,11,13H2,1-3H3/q5*+1. The highest BCUT2D eigenvalue weighted by molar-refractivity contribution is 5.83. The zero-order chi connectivity index (χ0) is 96.5. The monoisotopic (exact) mass is 1820 g/mol. The molecule has 0 bridgehead atoms. The van der Waals surface area contributed by atoms with Crippen LogP contribution in [-0.4, -0.2) is 29.0 Å². The fourth-order valence-electron chi connectivity index (χ4n) is 22.1. The van der Waals surface area contributed by atoms with Crippen molar-refractivity contribution in [3.8, 4) is 141 Å². The van der Waals surface area contributed by atoms with E-state index in [9.17, 15) is 0 Å². The minimum Gasteiger partial charge on any atom is -0.492 e. The van der Waals surface area contributed by atoms with Crippen LogP contribution in [0.1, 0.15) is 197 Å². The van der Waals surface area contributed by atoms with Gasteiger partial charge in [-0.25, -0.2) is 22.8 Å². The van der Waals surface area contributed by atoms with Gasteiger partial charge in [0.1, 0.15) is 86.4 Å². The Morgan fingerprint density at radius 1 is 0.248 bits per heavy atom. The molecule has 10 aromatic carbocycles. The predicted octanol–water partition coefficient (Wildman–Crippen LogP) is 28.0. The summed E-state index contributed by atoms with van der Waals surface area (Å²) in [5.41, 5.74) is 43.6. The van der Waals surface area contributed by atoms with Crippen LogP contribution in [0.2, 0.25) is 0 Å². The Kier molecular flexibility index (Phi) is 25.8. The van der Waals surface area contributed by atoms with Gasteiger partial charge in [0.15, 0.2) is 31.0 Å². The molecule has 2 saturated carbocycles. The number of benzene rings is 10. The third-order valence-electron chi connectivity index (χ3n) is 31.3. The molecule has 22 rings (SSSR count). The second-order valence-electron chi connectivity index (χ2n) is 42.7. The van der Waals surface area contributed by atoms with Crippen molar-refractivity contribution in [2.24, 2.45) is 35.2 Å². The molecular weight excluding hydrogens is 1680 g/mol. The van der Waals surface area contributed by atoms with E-state index in [1.54, 1.807) is 0 Å². The quantitative estimate of drug-likeness (QED) is 0.128. The zero-order valence-electron chi connectivity index (χ0n) is 85.5. The molecule has 10 nitrogen and oxygen atoms in total. The maximum atomic E-state index is 6.80. The van der Waals surface area contributed by atoms with Crippen LogP contribution in [0.4, 0.5) is 0 Å². The van der Waals surface area contributed by atoms with E-state index in [4.69, 9.17) is 23.7 Å². The van der Waals surface area contributed by atoms with E-state index in [1.165, 1.54) is 253 Å². The number of aromatic nitrogens is 5. The van der Waals surface area contributed by atoms with E-state index in [0.717, 1.165) is 54.6 Å². The molecule has 5 aliphatic heterocycles. The molecule has 7 aliphatic rings. The summed E-state index contributed by atoms with van der Waals surface area (Å²) < 4.78 is 43.5. The van der Waals surface area contributed by atoms with Gasteiger partial charge in [-0.05, 0) is 249 Å². The molecule has 0 saturated heterocycles. The summed E-state index contributed by atoms with van der Waals surface area (Å²) in [5, 5.41) is 0. The lowest BCUT2D eigenvalue weighted by molar-refractivity contribution is -0.660. The minimum atomic E-state index is -0.245. The number of aryl methyl sites for hydroxylation is 15. The first-order valence-electron chi connectivity index (χ1n) is 49.9. The van der Waals surface area contributed by atoms with Crippen molar-refractivity contribution < 1.29 is 46.5 Å². The first-order chi connectivity index (χ1) is 65.5. The van der Waals surface area contributed by atoms with E-state index >= 15 is 0 Å². The summed E-state index contributed by atoms with van der Waals surface area (Å²) in [5.74, 6) is 5.38. The normalized spacial score (nSPS) is 16.1. The average Bonchev–Trinajstić information content (AvgIpc) is 1.54. The van der Waals surface area contributed by atoms with Crippen molar-refractivity contribution in [2.75, 3.05) is 6.61 Å². The first-order valence-corrected chi connectivity index (χ1v) is 49.9. The third-order valence-corrected chi connectivity index (χ3v) is 31.3. The zero-order valence-corrected chi connectivity index (χ0v) is 85.5. The van der Waals surface area contributed by atoms with Crippen molar-refractivity contribution in [1.29, 1.82) is 0 Å². The van der Waals surface area contributed by atoms with Gasteiger partial charge in [0.2, 0.25) is 28.5 Å². The molecule has 698 valence electrons. The van der Waals surface area contributed by atoms with Crippen LogP contribution < -0.4 is 46.5 Å². The summed E-state index contributed by atoms with van der Waals surface area (Å²) in [7, 11) is 10.6. The fourth-order valence-corrected chi connectivity index (χ4v) is 22.1. The Bertz CT molecular complexity index is 7100. The number of rotatable bonds is 10. The van der Waals surface area contributed by atoms with Crippen LogP contribution >= 0.6 is 0 Å². The van der Waals surface area contributed by atoms with E-state index in [-0.39, 0.29) is 33.2 Å². The van der Waals surface area contributed by atoms with Gasteiger partial charge in [0.05, 0.1) is 34.4 Å². The number of hydrogen-bond donors (Lipinski definition) is 0. The topological polar surface area (TPSA) is 65.5 Å². The Hall–Kier alpha value is -13.1. The summed E-state index contributed by atoms with van der Waals surface area (Å²) in [6, 6.07) is 88.7. The molecule has 15 aromatic rings. The lowest BCUT2D eigenvalue weighted by atomic mass is 9.69.